The molecule has 0 saturated carbocycles. The number of Topliss-reactive ketones (excluding diaryl/α,β-unsaturated/α-hetero) is 1. The standard InChI is InChI=1S/C30H32F4N2O6/c1-16(37)14-41-23-8-6-17(12-24(23)40-4)22(38)9-10-29(3,39)25-13-20-27(42-15-28(20,2)35)26(36-25)18-5-7-21(31)19(11-18)30(32,33)34/h5-8,11-13,16,37,39H,9-10,14-15,35H2,1-4H3/t16-,28?,29?/m1/s1. The van der Waals surface area contributed by atoms with Gasteiger partial charge in [-0.3, -0.25) is 4.79 Å². The van der Waals surface area contributed by atoms with Gasteiger partial charge in [-0.2, -0.15) is 13.2 Å². The first kappa shape index (κ1) is 31.2. The molecule has 0 fully saturated rings. The lowest BCUT2D eigenvalue weighted by Crippen LogP contribution is -2.35. The van der Waals surface area contributed by atoms with Crippen molar-refractivity contribution in [3.8, 4) is 28.5 Å². The van der Waals surface area contributed by atoms with Crippen molar-refractivity contribution in [1.82, 2.24) is 4.98 Å². The Balaban J connectivity index is 1.64. The zero-order chi connectivity index (χ0) is 31.0. The van der Waals surface area contributed by atoms with Gasteiger partial charge in [0.1, 0.15) is 30.3 Å². The molecule has 3 aromatic rings. The number of fused-ring (bicyclic) bond motifs is 1. The molecule has 0 radical (unpaired) electrons. The summed E-state index contributed by atoms with van der Waals surface area (Å²) in [6.45, 7) is 4.70. The number of rotatable bonds is 10. The lowest BCUT2D eigenvalue weighted by molar-refractivity contribution is -0.139. The van der Waals surface area contributed by atoms with E-state index in [-0.39, 0.29) is 60.3 Å². The highest BCUT2D eigenvalue weighted by molar-refractivity contribution is 5.96. The van der Waals surface area contributed by atoms with Crippen molar-refractivity contribution in [1.29, 1.82) is 0 Å². The third kappa shape index (κ3) is 6.50. The molecule has 0 bridgehead atoms. The average molecular weight is 593 g/mol. The Labute approximate surface area is 240 Å². The third-order valence-electron chi connectivity index (χ3n) is 7.01. The first-order chi connectivity index (χ1) is 19.5. The molecule has 1 aromatic heterocycles. The van der Waals surface area contributed by atoms with Crippen molar-refractivity contribution >= 4 is 5.78 Å². The number of ether oxygens (including phenoxy) is 3. The monoisotopic (exact) mass is 592 g/mol. The zero-order valence-corrected chi connectivity index (χ0v) is 23.5. The number of hydrogen-bond donors (Lipinski definition) is 3. The van der Waals surface area contributed by atoms with Gasteiger partial charge in [-0.15, -0.1) is 0 Å². The van der Waals surface area contributed by atoms with Gasteiger partial charge in [0.05, 0.1) is 30.0 Å². The van der Waals surface area contributed by atoms with E-state index >= 15 is 0 Å². The molecule has 0 spiro atoms. The summed E-state index contributed by atoms with van der Waals surface area (Å²) in [4.78, 5) is 17.5. The molecule has 8 nitrogen and oxygen atoms in total. The van der Waals surface area contributed by atoms with Gasteiger partial charge in [-0.05, 0) is 69.7 Å². The minimum atomic E-state index is -4.94. The molecule has 226 valence electrons. The second-order valence-corrected chi connectivity index (χ2v) is 10.9. The van der Waals surface area contributed by atoms with Crippen LogP contribution in [-0.2, 0) is 17.3 Å². The van der Waals surface area contributed by atoms with E-state index in [9.17, 15) is 32.6 Å². The first-order valence-corrected chi connectivity index (χ1v) is 13.1. The van der Waals surface area contributed by atoms with Crippen LogP contribution in [0, 0.1) is 5.82 Å². The van der Waals surface area contributed by atoms with Gasteiger partial charge < -0.3 is 30.2 Å². The Morgan fingerprint density at radius 3 is 2.55 bits per heavy atom. The van der Waals surface area contributed by atoms with Crippen LogP contribution >= 0.6 is 0 Å². The van der Waals surface area contributed by atoms with Gasteiger partial charge in [0.25, 0.3) is 0 Å². The zero-order valence-electron chi connectivity index (χ0n) is 23.5. The Kier molecular flexibility index (Phi) is 8.55. The lowest BCUT2D eigenvalue weighted by atomic mass is 9.88. The molecule has 4 N–H and O–H groups in total. The molecule has 0 saturated heterocycles. The van der Waals surface area contributed by atoms with Crippen molar-refractivity contribution in [2.75, 3.05) is 20.3 Å². The van der Waals surface area contributed by atoms with E-state index in [1.54, 1.807) is 19.9 Å². The number of aliphatic hydroxyl groups is 2. The second kappa shape index (κ2) is 11.5. The number of nitrogens with zero attached hydrogens (tertiary/aromatic N) is 1. The van der Waals surface area contributed by atoms with Crippen LogP contribution < -0.4 is 19.9 Å². The molecule has 0 amide bonds. The number of ketones is 1. The first-order valence-electron chi connectivity index (χ1n) is 13.1. The van der Waals surface area contributed by atoms with E-state index < -0.39 is 34.8 Å². The molecule has 2 aromatic carbocycles. The average Bonchev–Trinajstić information content (AvgIpc) is 3.23. The quantitative estimate of drug-likeness (QED) is 0.219. The van der Waals surface area contributed by atoms with Crippen LogP contribution in [0.3, 0.4) is 0 Å². The molecule has 0 aliphatic carbocycles. The van der Waals surface area contributed by atoms with Crippen LogP contribution in [0.2, 0.25) is 0 Å². The molecule has 2 unspecified atom stereocenters. The Morgan fingerprint density at radius 1 is 1.19 bits per heavy atom. The number of nitrogens with two attached hydrogens (primary N) is 1. The van der Waals surface area contributed by atoms with Crippen LogP contribution in [0.5, 0.6) is 17.2 Å². The Bertz CT molecular complexity index is 1490. The van der Waals surface area contributed by atoms with Crippen molar-refractivity contribution in [2.45, 2.75) is 57.0 Å². The summed E-state index contributed by atoms with van der Waals surface area (Å²) in [5, 5.41) is 20.9. The minimum Gasteiger partial charge on any atom is -0.493 e. The maximum Gasteiger partial charge on any atom is 0.419 e. The number of alkyl halides is 3. The minimum absolute atomic E-state index is 0.00712. The summed E-state index contributed by atoms with van der Waals surface area (Å²) >= 11 is 0. The van der Waals surface area contributed by atoms with Gasteiger partial charge in [0.2, 0.25) is 0 Å². The van der Waals surface area contributed by atoms with Crippen molar-refractivity contribution in [3.63, 3.8) is 0 Å². The van der Waals surface area contributed by atoms with E-state index in [1.165, 1.54) is 32.2 Å². The third-order valence-corrected chi connectivity index (χ3v) is 7.01. The van der Waals surface area contributed by atoms with Crippen molar-refractivity contribution in [2.24, 2.45) is 5.73 Å². The van der Waals surface area contributed by atoms with Gasteiger partial charge in [0.15, 0.2) is 23.0 Å². The van der Waals surface area contributed by atoms with E-state index in [0.29, 0.717) is 29.0 Å². The highest BCUT2D eigenvalue weighted by Crippen LogP contribution is 2.45. The number of benzene rings is 2. The van der Waals surface area contributed by atoms with Gasteiger partial charge in [-0.1, -0.05) is 0 Å². The van der Waals surface area contributed by atoms with Gasteiger partial charge in [0, 0.05) is 23.1 Å². The normalized spacial score (nSPS) is 18.5. The van der Waals surface area contributed by atoms with E-state index in [0.717, 1.165) is 6.07 Å². The SMILES string of the molecule is COc1cc(C(=O)CCC(C)(O)c2cc3c(c(-c4ccc(F)c(C(F)(F)F)c4)n2)OCC3(C)N)ccc1OC[C@@H](C)O. The predicted molar refractivity (Wildman–Crippen MR) is 145 cm³/mol. The van der Waals surface area contributed by atoms with E-state index in [1.807, 2.05) is 0 Å². The second-order valence-electron chi connectivity index (χ2n) is 10.9. The maximum absolute atomic E-state index is 14.0. The summed E-state index contributed by atoms with van der Waals surface area (Å²) in [6, 6.07) is 8.56. The summed E-state index contributed by atoms with van der Waals surface area (Å²) < 4.78 is 70.9. The van der Waals surface area contributed by atoms with Crippen LogP contribution in [-0.4, -0.2) is 47.4 Å². The molecule has 2 heterocycles. The smallest absolute Gasteiger partial charge is 0.419 e. The summed E-state index contributed by atoms with van der Waals surface area (Å²) in [6.07, 6.45) is -5.87. The van der Waals surface area contributed by atoms with Crippen LogP contribution in [0.4, 0.5) is 17.6 Å². The van der Waals surface area contributed by atoms with Crippen LogP contribution in [0.1, 0.15) is 60.8 Å². The molecule has 1 aliphatic heterocycles. The number of aromatic nitrogens is 1. The fourth-order valence-electron chi connectivity index (χ4n) is 4.56. The summed E-state index contributed by atoms with van der Waals surface area (Å²) in [7, 11) is 1.41. The molecule has 3 atom stereocenters. The van der Waals surface area contributed by atoms with Gasteiger partial charge in [-0.25, -0.2) is 9.37 Å². The number of carbonyl (C=O) groups is 1. The highest BCUT2D eigenvalue weighted by Gasteiger charge is 2.39. The van der Waals surface area contributed by atoms with Crippen LogP contribution in [0.15, 0.2) is 42.5 Å². The number of carbonyl (C=O) groups excluding carboxylic acids is 1. The predicted octanol–water partition coefficient (Wildman–Crippen LogP) is 5.11. The Morgan fingerprint density at radius 2 is 1.90 bits per heavy atom. The Hall–Kier alpha value is -3.74. The molecule has 4 rings (SSSR count). The van der Waals surface area contributed by atoms with Crippen molar-refractivity contribution < 1.29 is 46.8 Å². The van der Waals surface area contributed by atoms with Crippen LogP contribution in [0.25, 0.3) is 11.3 Å². The number of hydrogen-bond acceptors (Lipinski definition) is 8. The summed E-state index contributed by atoms with van der Waals surface area (Å²) in [5.41, 5.74) is 2.81. The molecule has 12 heteroatoms. The highest BCUT2D eigenvalue weighted by atomic mass is 19.4. The molecule has 42 heavy (non-hydrogen) atoms. The maximum atomic E-state index is 14.0. The fraction of sp³-hybridized carbons (Fsp3) is 0.400. The number of halogens is 4. The molecular weight excluding hydrogens is 560 g/mol. The molecule has 1 aliphatic rings. The molecular formula is C30H32F4N2O6. The van der Waals surface area contributed by atoms with Gasteiger partial charge >= 0.3 is 6.18 Å². The topological polar surface area (TPSA) is 124 Å². The fourth-order valence-corrected chi connectivity index (χ4v) is 4.56. The number of methoxy groups -OCH3 is 1. The lowest BCUT2D eigenvalue weighted by Gasteiger charge is -2.25. The number of aliphatic hydroxyl groups excluding tert-OH is 1. The summed E-state index contributed by atoms with van der Waals surface area (Å²) in [5.74, 6) is -0.984. The van der Waals surface area contributed by atoms with E-state index in [2.05, 4.69) is 4.98 Å². The number of pyridine rings is 1. The van der Waals surface area contributed by atoms with E-state index in [4.69, 9.17) is 19.9 Å². The largest absolute Gasteiger partial charge is 0.493 e. The van der Waals surface area contributed by atoms with Crippen molar-refractivity contribution in [3.05, 3.63) is 70.7 Å².